The smallest absolute Gasteiger partial charge is 0.155 e. The van der Waals surface area contributed by atoms with Crippen LogP contribution >= 0.6 is 12.2 Å². The Bertz CT molecular complexity index is 556. The van der Waals surface area contributed by atoms with Gasteiger partial charge in [0.05, 0.1) is 0 Å². The molecule has 0 aliphatic rings. The van der Waals surface area contributed by atoms with Crippen LogP contribution in [0.15, 0.2) is 36.7 Å². The van der Waals surface area contributed by atoms with Crippen LogP contribution in [0.4, 0.5) is 10.2 Å². The molecule has 0 saturated carbocycles. The summed E-state index contributed by atoms with van der Waals surface area (Å²) in [5.74, 6) is 0.261. The normalized spacial score (nSPS) is 10.1. The van der Waals surface area contributed by atoms with Crippen molar-refractivity contribution < 1.29 is 4.39 Å². The van der Waals surface area contributed by atoms with Crippen LogP contribution in [0.3, 0.4) is 0 Å². The van der Waals surface area contributed by atoms with Crippen LogP contribution in [0.2, 0.25) is 0 Å². The molecule has 2 aromatic rings. The quantitative estimate of drug-likeness (QED) is 0.823. The number of anilines is 1. The van der Waals surface area contributed by atoms with E-state index in [0.29, 0.717) is 18.1 Å². The average Bonchev–Trinajstić information content (AvgIpc) is 2.38. The Morgan fingerprint density at radius 2 is 1.89 bits per heavy atom. The third kappa shape index (κ3) is 2.98. The van der Waals surface area contributed by atoms with Gasteiger partial charge in [0.2, 0.25) is 0 Å². The molecule has 6 heteroatoms. The molecule has 92 valence electrons. The molecular formula is C12H11FN4S. The van der Waals surface area contributed by atoms with E-state index >= 15 is 0 Å². The highest BCUT2D eigenvalue weighted by Gasteiger charge is 2.06. The van der Waals surface area contributed by atoms with E-state index in [9.17, 15) is 4.39 Å². The summed E-state index contributed by atoms with van der Waals surface area (Å²) in [6.45, 7) is 0.495. The Hall–Kier alpha value is -2.08. The minimum absolute atomic E-state index is 0.185. The molecule has 1 aromatic heterocycles. The lowest BCUT2D eigenvalue weighted by Crippen LogP contribution is -2.16. The third-order valence-corrected chi connectivity index (χ3v) is 2.50. The zero-order valence-corrected chi connectivity index (χ0v) is 10.2. The predicted molar refractivity (Wildman–Crippen MR) is 71.6 cm³/mol. The number of hydrogen-bond acceptors (Lipinski definition) is 4. The predicted octanol–water partition coefficient (Wildman–Crippen LogP) is 1.86. The molecule has 3 N–H and O–H groups in total. The van der Waals surface area contributed by atoms with Crippen molar-refractivity contribution in [3.05, 3.63) is 53.7 Å². The summed E-state index contributed by atoms with van der Waals surface area (Å²) in [5.41, 5.74) is 6.92. The summed E-state index contributed by atoms with van der Waals surface area (Å²) >= 11 is 4.88. The number of nitrogens with two attached hydrogens (primary N) is 1. The van der Waals surface area contributed by atoms with Gasteiger partial charge in [-0.05, 0) is 17.7 Å². The Morgan fingerprint density at radius 3 is 2.56 bits per heavy atom. The molecule has 0 fully saturated rings. The number of benzene rings is 1. The molecule has 4 nitrogen and oxygen atoms in total. The fourth-order valence-electron chi connectivity index (χ4n) is 1.44. The van der Waals surface area contributed by atoms with E-state index in [-0.39, 0.29) is 10.8 Å². The molecule has 1 aromatic carbocycles. The molecule has 0 saturated heterocycles. The van der Waals surface area contributed by atoms with Crippen molar-refractivity contribution in [2.45, 2.75) is 6.54 Å². The van der Waals surface area contributed by atoms with Crippen LogP contribution in [0.5, 0.6) is 0 Å². The Balaban J connectivity index is 2.10. The standard InChI is InChI=1S/C12H11FN4S/c13-9-3-1-8(2-4-9)7-17-12-10(11(14)18)15-5-6-16-12/h1-6H,7H2,(H2,14,18)(H,16,17). The number of thiocarbonyl (C=S) groups is 1. The number of nitrogens with one attached hydrogen (secondary N) is 1. The van der Waals surface area contributed by atoms with Crippen molar-refractivity contribution in [3.8, 4) is 0 Å². The fraction of sp³-hybridized carbons (Fsp3) is 0.0833. The molecule has 0 aliphatic heterocycles. The third-order valence-electron chi connectivity index (χ3n) is 2.30. The van der Waals surface area contributed by atoms with E-state index in [0.717, 1.165) is 5.56 Å². The highest BCUT2D eigenvalue weighted by molar-refractivity contribution is 7.80. The minimum Gasteiger partial charge on any atom is -0.388 e. The molecule has 0 aliphatic carbocycles. The van der Waals surface area contributed by atoms with Crippen molar-refractivity contribution in [1.82, 2.24) is 9.97 Å². The van der Waals surface area contributed by atoms with Gasteiger partial charge >= 0.3 is 0 Å². The number of nitrogens with zero attached hydrogens (tertiary/aromatic N) is 2. The maximum atomic E-state index is 12.7. The van der Waals surface area contributed by atoms with Gasteiger partial charge in [-0.1, -0.05) is 24.4 Å². The maximum absolute atomic E-state index is 12.7. The number of aromatic nitrogens is 2. The van der Waals surface area contributed by atoms with Crippen LogP contribution in [0.25, 0.3) is 0 Å². The molecule has 0 bridgehead atoms. The lowest BCUT2D eigenvalue weighted by Gasteiger charge is -2.08. The van der Waals surface area contributed by atoms with E-state index < -0.39 is 0 Å². The monoisotopic (exact) mass is 262 g/mol. The summed E-state index contributed by atoms with van der Waals surface area (Å²) in [6, 6.07) is 6.20. The second-order valence-electron chi connectivity index (χ2n) is 3.60. The molecule has 0 radical (unpaired) electrons. The van der Waals surface area contributed by atoms with E-state index in [1.54, 1.807) is 18.3 Å². The second kappa shape index (κ2) is 5.50. The van der Waals surface area contributed by atoms with Crippen molar-refractivity contribution >= 4 is 23.0 Å². The fourth-order valence-corrected chi connectivity index (χ4v) is 1.59. The Kier molecular flexibility index (Phi) is 3.78. The summed E-state index contributed by atoms with van der Waals surface area (Å²) < 4.78 is 12.7. The summed E-state index contributed by atoms with van der Waals surface area (Å²) in [5, 5.41) is 3.07. The van der Waals surface area contributed by atoms with Crippen molar-refractivity contribution in [2.24, 2.45) is 5.73 Å². The molecule has 0 spiro atoms. The zero-order chi connectivity index (χ0) is 13.0. The average molecular weight is 262 g/mol. The van der Waals surface area contributed by atoms with Gasteiger partial charge < -0.3 is 11.1 Å². The molecule has 0 unspecified atom stereocenters. The first-order valence-corrected chi connectivity index (χ1v) is 5.67. The van der Waals surface area contributed by atoms with E-state index in [1.807, 2.05) is 0 Å². The van der Waals surface area contributed by atoms with Crippen LogP contribution in [0.1, 0.15) is 11.3 Å². The van der Waals surface area contributed by atoms with E-state index in [4.69, 9.17) is 18.0 Å². The van der Waals surface area contributed by atoms with Gasteiger partial charge in [-0.15, -0.1) is 0 Å². The molecule has 2 rings (SSSR count). The largest absolute Gasteiger partial charge is 0.388 e. The second-order valence-corrected chi connectivity index (χ2v) is 4.04. The van der Waals surface area contributed by atoms with Gasteiger partial charge in [-0.3, -0.25) is 0 Å². The number of rotatable bonds is 4. The molecule has 1 heterocycles. The summed E-state index contributed by atoms with van der Waals surface area (Å²) in [6.07, 6.45) is 3.08. The van der Waals surface area contributed by atoms with Crippen LogP contribution < -0.4 is 11.1 Å². The highest BCUT2D eigenvalue weighted by atomic mass is 32.1. The van der Waals surface area contributed by atoms with Gasteiger partial charge in [0.1, 0.15) is 16.5 Å². The van der Waals surface area contributed by atoms with Gasteiger partial charge in [-0.2, -0.15) is 0 Å². The van der Waals surface area contributed by atoms with E-state index in [1.165, 1.54) is 18.3 Å². The summed E-state index contributed by atoms with van der Waals surface area (Å²) in [4.78, 5) is 8.36. The van der Waals surface area contributed by atoms with Crippen LogP contribution in [0, 0.1) is 5.82 Å². The Morgan fingerprint density at radius 1 is 1.22 bits per heavy atom. The first kappa shape index (κ1) is 12.4. The van der Waals surface area contributed by atoms with Crippen LogP contribution in [-0.4, -0.2) is 15.0 Å². The van der Waals surface area contributed by atoms with Gasteiger partial charge in [-0.25, -0.2) is 14.4 Å². The first-order chi connectivity index (χ1) is 8.66. The van der Waals surface area contributed by atoms with Crippen LogP contribution in [-0.2, 0) is 6.54 Å². The highest BCUT2D eigenvalue weighted by Crippen LogP contribution is 2.10. The van der Waals surface area contributed by atoms with Crippen molar-refractivity contribution in [1.29, 1.82) is 0 Å². The summed E-state index contributed by atoms with van der Waals surface area (Å²) in [7, 11) is 0. The molecule has 0 atom stereocenters. The number of hydrogen-bond donors (Lipinski definition) is 2. The van der Waals surface area contributed by atoms with Crippen molar-refractivity contribution in [2.75, 3.05) is 5.32 Å². The van der Waals surface area contributed by atoms with E-state index in [2.05, 4.69) is 15.3 Å². The minimum atomic E-state index is -0.262. The van der Waals surface area contributed by atoms with Crippen molar-refractivity contribution in [3.63, 3.8) is 0 Å². The maximum Gasteiger partial charge on any atom is 0.155 e. The molecule has 0 amide bonds. The van der Waals surface area contributed by atoms with Gasteiger partial charge in [0, 0.05) is 18.9 Å². The lowest BCUT2D eigenvalue weighted by molar-refractivity contribution is 0.627. The van der Waals surface area contributed by atoms with Gasteiger partial charge in [0.15, 0.2) is 5.82 Å². The van der Waals surface area contributed by atoms with Gasteiger partial charge in [0.25, 0.3) is 0 Å². The zero-order valence-electron chi connectivity index (χ0n) is 9.43. The molecular weight excluding hydrogens is 251 g/mol. The lowest BCUT2D eigenvalue weighted by atomic mass is 10.2. The Labute approximate surface area is 109 Å². The SMILES string of the molecule is NC(=S)c1nccnc1NCc1ccc(F)cc1. The molecule has 18 heavy (non-hydrogen) atoms. The first-order valence-electron chi connectivity index (χ1n) is 5.26. The number of halogens is 1. The topological polar surface area (TPSA) is 63.8 Å².